The molecule has 0 saturated carbocycles. The van der Waals surface area contributed by atoms with Crippen LogP contribution in [0.25, 0.3) is 0 Å². The average molecular weight is 279 g/mol. The lowest BCUT2D eigenvalue weighted by atomic mass is 9.77. The largest absolute Gasteiger partial charge is 0.327 e. The van der Waals surface area contributed by atoms with Crippen molar-refractivity contribution in [3.8, 4) is 0 Å². The minimum atomic E-state index is 0.216. The van der Waals surface area contributed by atoms with Crippen LogP contribution in [-0.2, 0) is 12.8 Å². The van der Waals surface area contributed by atoms with E-state index in [1.54, 1.807) is 0 Å². The molecule has 2 aromatic carbocycles. The Kier molecular flexibility index (Phi) is 4.12. The van der Waals surface area contributed by atoms with Gasteiger partial charge in [-0.15, -0.1) is 0 Å². The number of hydrogen-bond donors (Lipinski definition) is 1. The molecule has 0 saturated heterocycles. The fourth-order valence-electron chi connectivity index (χ4n) is 3.58. The van der Waals surface area contributed by atoms with Gasteiger partial charge in [0.05, 0.1) is 0 Å². The molecule has 0 amide bonds. The predicted octanol–water partition coefficient (Wildman–Crippen LogP) is 4.29. The van der Waals surface area contributed by atoms with Crippen molar-refractivity contribution in [2.24, 2.45) is 5.73 Å². The zero-order valence-corrected chi connectivity index (χ0v) is 13.1. The number of aryl methyl sites for hydroxylation is 3. The molecule has 0 bridgehead atoms. The maximum absolute atomic E-state index is 6.58. The van der Waals surface area contributed by atoms with Gasteiger partial charge in [-0.05, 0) is 73.3 Å². The smallest absolute Gasteiger partial charge is 0.0149 e. The first-order valence-corrected chi connectivity index (χ1v) is 8.04. The van der Waals surface area contributed by atoms with Crippen molar-refractivity contribution in [3.63, 3.8) is 0 Å². The van der Waals surface area contributed by atoms with E-state index in [1.807, 2.05) is 0 Å². The van der Waals surface area contributed by atoms with E-state index in [4.69, 9.17) is 5.73 Å². The number of nitrogens with two attached hydrogens (primary N) is 1. The molecule has 1 aliphatic carbocycles. The predicted molar refractivity (Wildman–Crippen MR) is 89.7 cm³/mol. The molecule has 0 radical (unpaired) electrons. The van der Waals surface area contributed by atoms with E-state index in [1.165, 1.54) is 47.1 Å². The van der Waals surface area contributed by atoms with Crippen molar-refractivity contribution in [2.45, 2.75) is 51.5 Å². The van der Waals surface area contributed by atoms with Crippen LogP contribution >= 0.6 is 0 Å². The van der Waals surface area contributed by atoms with E-state index in [2.05, 4.69) is 56.3 Å². The average Bonchev–Trinajstić information content (AvgIpc) is 2.50. The second kappa shape index (κ2) is 6.03. The van der Waals surface area contributed by atoms with Crippen molar-refractivity contribution in [1.29, 1.82) is 0 Å². The van der Waals surface area contributed by atoms with Gasteiger partial charge in [0.2, 0.25) is 0 Å². The fraction of sp³-hybridized carbons (Fsp3) is 0.400. The van der Waals surface area contributed by atoms with Crippen molar-refractivity contribution < 1.29 is 0 Å². The molecule has 0 heterocycles. The van der Waals surface area contributed by atoms with E-state index in [0.717, 1.165) is 6.42 Å². The number of hydrogen-bond acceptors (Lipinski definition) is 1. The summed E-state index contributed by atoms with van der Waals surface area (Å²) in [5.74, 6) is 0.511. The normalized spacial score (nSPS) is 19.1. The molecule has 2 atom stereocenters. The summed E-state index contributed by atoms with van der Waals surface area (Å²) in [6, 6.07) is 15.8. The zero-order chi connectivity index (χ0) is 14.8. The van der Waals surface area contributed by atoms with Gasteiger partial charge in [0.25, 0.3) is 0 Å². The third kappa shape index (κ3) is 3.03. The lowest BCUT2D eigenvalue weighted by molar-refractivity contribution is 0.460. The number of rotatable bonds is 3. The fourth-order valence-corrected chi connectivity index (χ4v) is 3.58. The Morgan fingerprint density at radius 3 is 2.71 bits per heavy atom. The summed E-state index contributed by atoms with van der Waals surface area (Å²) in [5, 5.41) is 0. The van der Waals surface area contributed by atoms with Crippen LogP contribution in [-0.4, -0.2) is 6.04 Å². The molecule has 0 aliphatic heterocycles. The van der Waals surface area contributed by atoms with Gasteiger partial charge in [0.1, 0.15) is 0 Å². The minimum Gasteiger partial charge on any atom is -0.327 e. The second-order valence-electron chi connectivity index (χ2n) is 6.48. The van der Waals surface area contributed by atoms with Gasteiger partial charge in [-0.1, -0.05) is 42.5 Å². The van der Waals surface area contributed by atoms with Crippen LogP contribution in [0.5, 0.6) is 0 Å². The summed E-state index contributed by atoms with van der Waals surface area (Å²) >= 11 is 0. The maximum Gasteiger partial charge on any atom is 0.0149 e. The Hall–Kier alpha value is -1.60. The van der Waals surface area contributed by atoms with Crippen molar-refractivity contribution in [3.05, 3.63) is 70.3 Å². The van der Waals surface area contributed by atoms with Crippen LogP contribution in [0, 0.1) is 13.8 Å². The molecular weight excluding hydrogens is 254 g/mol. The Morgan fingerprint density at radius 1 is 1.10 bits per heavy atom. The first-order chi connectivity index (χ1) is 10.1. The van der Waals surface area contributed by atoms with Crippen molar-refractivity contribution in [1.82, 2.24) is 0 Å². The first kappa shape index (κ1) is 14.3. The quantitative estimate of drug-likeness (QED) is 0.891. The van der Waals surface area contributed by atoms with Crippen LogP contribution in [0.4, 0.5) is 0 Å². The molecule has 110 valence electrons. The summed E-state index contributed by atoms with van der Waals surface area (Å²) in [7, 11) is 0. The van der Waals surface area contributed by atoms with Gasteiger partial charge in [-0.2, -0.15) is 0 Å². The van der Waals surface area contributed by atoms with Gasteiger partial charge in [0, 0.05) is 6.04 Å². The van der Waals surface area contributed by atoms with Crippen LogP contribution in [0.2, 0.25) is 0 Å². The minimum absolute atomic E-state index is 0.216. The van der Waals surface area contributed by atoms with E-state index < -0.39 is 0 Å². The molecule has 0 aromatic heterocycles. The highest BCUT2D eigenvalue weighted by Gasteiger charge is 2.25. The molecular formula is C20H25N. The highest BCUT2D eigenvalue weighted by Crippen LogP contribution is 2.34. The van der Waals surface area contributed by atoms with Gasteiger partial charge >= 0.3 is 0 Å². The molecule has 1 aliphatic rings. The van der Waals surface area contributed by atoms with Gasteiger partial charge < -0.3 is 5.73 Å². The summed E-state index contributed by atoms with van der Waals surface area (Å²) in [6.45, 7) is 4.34. The Bertz CT molecular complexity index is 629. The lowest BCUT2D eigenvalue weighted by Crippen LogP contribution is -2.33. The maximum atomic E-state index is 6.58. The molecule has 1 heteroatoms. The van der Waals surface area contributed by atoms with Crippen LogP contribution in [0.15, 0.2) is 42.5 Å². The summed E-state index contributed by atoms with van der Waals surface area (Å²) in [4.78, 5) is 0. The summed E-state index contributed by atoms with van der Waals surface area (Å²) in [5.41, 5.74) is 13.7. The standard InChI is InChI=1S/C20H25N/c1-14-10-11-16(12-15(14)2)13-20(21)19-9-5-7-17-6-3-4-8-18(17)19/h3-4,6,8,10-12,19-20H,5,7,9,13,21H2,1-2H3. The second-order valence-corrected chi connectivity index (χ2v) is 6.48. The molecule has 21 heavy (non-hydrogen) atoms. The SMILES string of the molecule is Cc1ccc(CC(N)C2CCCc3ccccc32)cc1C. The van der Waals surface area contributed by atoms with Crippen molar-refractivity contribution >= 4 is 0 Å². The molecule has 2 unspecified atom stereocenters. The molecule has 1 nitrogen and oxygen atoms in total. The first-order valence-electron chi connectivity index (χ1n) is 8.04. The Morgan fingerprint density at radius 2 is 1.90 bits per heavy atom. The van der Waals surface area contributed by atoms with Gasteiger partial charge in [-0.25, -0.2) is 0 Å². The summed E-state index contributed by atoms with van der Waals surface area (Å²) < 4.78 is 0. The Labute approximate surface area is 128 Å². The molecule has 2 aromatic rings. The van der Waals surface area contributed by atoms with E-state index in [9.17, 15) is 0 Å². The number of benzene rings is 2. The molecule has 3 rings (SSSR count). The molecule has 0 spiro atoms. The molecule has 0 fully saturated rings. The summed E-state index contributed by atoms with van der Waals surface area (Å²) in [6.07, 6.45) is 4.68. The third-order valence-corrected chi connectivity index (χ3v) is 4.98. The van der Waals surface area contributed by atoms with E-state index in [0.29, 0.717) is 5.92 Å². The van der Waals surface area contributed by atoms with Crippen LogP contribution in [0.1, 0.15) is 46.6 Å². The monoisotopic (exact) mass is 279 g/mol. The highest BCUT2D eigenvalue weighted by molar-refractivity contribution is 5.35. The van der Waals surface area contributed by atoms with Gasteiger partial charge in [0.15, 0.2) is 0 Å². The topological polar surface area (TPSA) is 26.0 Å². The van der Waals surface area contributed by atoms with Crippen LogP contribution < -0.4 is 5.73 Å². The van der Waals surface area contributed by atoms with E-state index >= 15 is 0 Å². The zero-order valence-electron chi connectivity index (χ0n) is 13.1. The van der Waals surface area contributed by atoms with Gasteiger partial charge in [-0.3, -0.25) is 0 Å². The lowest BCUT2D eigenvalue weighted by Gasteiger charge is -2.30. The number of fused-ring (bicyclic) bond motifs is 1. The third-order valence-electron chi connectivity index (χ3n) is 4.98. The Balaban J connectivity index is 1.80. The molecule has 2 N–H and O–H groups in total. The highest BCUT2D eigenvalue weighted by atomic mass is 14.7. The van der Waals surface area contributed by atoms with Crippen LogP contribution in [0.3, 0.4) is 0 Å². The van der Waals surface area contributed by atoms with Crippen molar-refractivity contribution in [2.75, 3.05) is 0 Å². The van der Waals surface area contributed by atoms with E-state index in [-0.39, 0.29) is 6.04 Å².